The van der Waals surface area contributed by atoms with E-state index in [0.29, 0.717) is 11.4 Å². The van der Waals surface area contributed by atoms with E-state index in [1.54, 1.807) is 32.0 Å². The molecule has 6 nitrogen and oxygen atoms in total. The van der Waals surface area contributed by atoms with Crippen LogP contribution < -0.4 is 16.0 Å². The number of hydrogen-bond acceptors (Lipinski definition) is 4. The number of halogens is 3. The lowest BCUT2D eigenvalue weighted by atomic mass is 10.1. The SMILES string of the molecule is C=C(C)/C=C(C)\C=C(/C)NC.C=C(C)C.C=CC(=O)Nc1cc(C)ccc1N/C(C)=C(/C=C)C(F)(F)F.CCCN(CCC)C(C)=O. The van der Waals surface area contributed by atoms with Crippen LogP contribution in [0.5, 0.6) is 0 Å². The molecule has 9 heteroatoms. The van der Waals surface area contributed by atoms with Crippen LogP contribution in [-0.4, -0.2) is 43.0 Å². The number of aryl methyl sites for hydroxylation is 1. The Hall–Kier alpha value is -4.27. The molecule has 47 heavy (non-hydrogen) atoms. The normalized spacial score (nSPS) is 11.4. The van der Waals surface area contributed by atoms with Crippen molar-refractivity contribution in [1.29, 1.82) is 0 Å². The number of allylic oxidation sites excluding steroid dienone is 9. The quantitative estimate of drug-likeness (QED) is 0.119. The first kappa shape index (κ1) is 47.1. The highest BCUT2D eigenvalue weighted by atomic mass is 19.4. The fraction of sp³-hybridized carbons (Fsp3) is 0.421. The Kier molecular flexibility index (Phi) is 25.9. The van der Waals surface area contributed by atoms with Crippen molar-refractivity contribution in [2.75, 3.05) is 30.8 Å². The van der Waals surface area contributed by atoms with Gasteiger partial charge in [-0.15, -0.1) is 6.58 Å². The molecular formula is C38H59F3N4O2. The molecule has 0 aliphatic rings. The van der Waals surface area contributed by atoms with E-state index in [0.717, 1.165) is 49.2 Å². The number of alkyl halides is 3. The monoisotopic (exact) mass is 660 g/mol. The van der Waals surface area contributed by atoms with E-state index in [1.807, 2.05) is 39.6 Å². The smallest absolute Gasteiger partial charge is 0.392 e. The summed E-state index contributed by atoms with van der Waals surface area (Å²) in [4.78, 5) is 24.2. The van der Waals surface area contributed by atoms with Gasteiger partial charge in [0.1, 0.15) is 0 Å². The maximum absolute atomic E-state index is 12.9. The van der Waals surface area contributed by atoms with E-state index in [1.165, 1.54) is 23.8 Å². The van der Waals surface area contributed by atoms with Gasteiger partial charge in [-0.05, 0) is 96.7 Å². The van der Waals surface area contributed by atoms with Crippen molar-refractivity contribution in [1.82, 2.24) is 10.2 Å². The Morgan fingerprint density at radius 1 is 0.851 bits per heavy atom. The number of nitrogens with one attached hydrogen (secondary N) is 3. The summed E-state index contributed by atoms with van der Waals surface area (Å²) in [5.41, 5.74) is 5.24. The van der Waals surface area contributed by atoms with Crippen molar-refractivity contribution in [3.05, 3.63) is 108 Å². The highest BCUT2D eigenvalue weighted by Crippen LogP contribution is 2.31. The maximum atomic E-state index is 12.9. The van der Waals surface area contributed by atoms with Crippen LogP contribution in [0.3, 0.4) is 0 Å². The third-order valence-electron chi connectivity index (χ3n) is 5.60. The molecule has 0 aliphatic carbocycles. The van der Waals surface area contributed by atoms with Crippen molar-refractivity contribution < 1.29 is 22.8 Å². The zero-order chi connectivity index (χ0) is 37.3. The highest BCUT2D eigenvalue weighted by Gasteiger charge is 2.33. The van der Waals surface area contributed by atoms with Gasteiger partial charge in [0.25, 0.3) is 0 Å². The fourth-order valence-electron chi connectivity index (χ4n) is 3.62. The van der Waals surface area contributed by atoms with Crippen LogP contribution in [0.2, 0.25) is 0 Å². The summed E-state index contributed by atoms with van der Waals surface area (Å²) in [6.45, 7) is 34.6. The van der Waals surface area contributed by atoms with Crippen LogP contribution in [0.15, 0.2) is 103 Å². The number of carbonyl (C=O) groups is 2. The second kappa shape index (κ2) is 25.9. The van der Waals surface area contributed by atoms with Crippen molar-refractivity contribution in [3.8, 4) is 0 Å². The molecular weight excluding hydrogens is 601 g/mol. The van der Waals surface area contributed by atoms with Gasteiger partial charge in [0.05, 0.1) is 16.9 Å². The van der Waals surface area contributed by atoms with Crippen molar-refractivity contribution in [3.63, 3.8) is 0 Å². The minimum atomic E-state index is -4.51. The van der Waals surface area contributed by atoms with E-state index < -0.39 is 17.7 Å². The molecule has 0 fully saturated rings. The Labute approximate surface area is 283 Å². The lowest BCUT2D eigenvalue weighted by molar-refractivity contribution is -0.128. The summed E-state index contributed by atoms with van der Waals surface area (Å²) >= 11 is 0. The first-order valence-electron chi connectivity index (χ1n) is 15.5. The lowest BCUT2D eigenvalue weighted by Crippen LogP contribution is -2.29. The van der Waals surface area contributed by atoms with E-state index in [4.69, 9.17) is 0 Å². The summed E-state index contributed by atoms with van der Waals surface area (Å²) in [6, 6.07) is 4.97. The van der Waals surface area contributed by atoms with Crippen LogP contribution >= 0.6 is 0 Å². The van der Waals surface area contributed by atoms with E-state index >= 15 is 0 Å². The first-order valence-corrected chi connectivity index (χ1v) is 15.5. The maximum Gasteiger partial charge on any atom is 0.418 e. The Bertz CT molecular complexity index is 1260. The zero-order valence-corrected chi connectivity index (χ0v) is 30.6. The van der Waals surface area contributed by atoms with Gasteiger partial charge in [0.2, 0.25) is 11.8 Å². The third kappa shape index (κ3) is 25.6. The van der Waals surface area contributed by atoms with Gasteiger partial charge in [-0.3, -0.25) is 9.59 Å². The summed E-state index contributed by atoms with van der Waals surface area (Å²) in [5.74, 6) is -0.251. The molecule has 0 unspecified atom stereocenters. The Morgan fingerprint density at radius 2 is 1.36 bits per heavy atom. The number of rotatable bonds is 12. The van der Waals surface area contributed by atoms with Crippen molar-refractivity contribution in [2.45, 2.75) is 88.3 Å². The molecule has 0 saturated carbocycles. The Balaban J connectivity index is -0.000000647. The number of amides is 2. The second-order valence-electron chi connectivity index (χ2n) is 11.1. The second-order valence-corrected chi connectivity index (χ2v) is 11.1. The number of benzene rings is 1. The molecule has 264 valence electrons. The van der Waals surface area contributed by atoms with E-state index in [9.17, 15) is 22.8 Å². The molecule has 0 spiro atoms. The Morgan fingerprint density at radius 3 is 1.72 bits per heavy atom. The highest BCUT2D eigenvalue weighted by molar-refractivity contribution is 6.01. The summed E-state index contributed by atoms with van der Waals surface area (Å²) in [5, 5.41) is 8.28. The number of carbonyl (C=O) groups excluding carboxylic acids is 2. The predicted molar refractivity (Wildman–Crippen MR) is 197 cm³/mol. The van der Waals surface area contributed by atoms with Gasteiger partial charge >= 0.3 is 6.18 Å². The van der Waals surface area contributed by atoms with Crippen LogP contribution in [0, 0.1) is 6.92 Å². The van der Waals surface area contributed by atoms with Gasteiger partial charge < -0.3 is 20.9 Å². The fourth-order valence-corrected chi connectivity index (χ4v) is 3.62. The zero-order valence-electron chi connectivity index (χ0n) is 30.6. The van der Waals surface area contributed by atoms with E-state index in [2.05, 4.69) is 75.2 Å². The first-order chi connectivity index (χ1) is 21.7. The molecule has 0 atom stereocenters. The van der Waals surface area contributed by atoms with Crippen LogP contribution in [0.4, 0.5) is 24.5 Å². The van der Waals surface area contributed by atoms with Gasteiger partial charge in [-0.2, -0.15) is 13.2 Å². The minimum absolute atomic E-state index is 0.111. The van der Waals surface area contributed by atoms with Gasteiger partial charge in [-0.25, -0.2) is 0 Å². The molecule has 0 aliphatic heterocycles. The molecule has 1 aromatic rings. The van der Waals surface area contributed by atoms with Crippen molar-refractivity contribution >= 4 is 23.2 Å². The molecule has 1 rings (SSSR count). The average molecular weight is 661 g/mol. The molecule has 0 bridgehead atoms. The largest absolute Gasteiger partial charge is 0.418 e. The number of nitrogens with zero attached hydrogens (tertiary/aromatic N) is 1. The van der Waals surface area contributed by atoms with Crippen LogP contribution in [0.25, 0.3) is 0 Å². The molecule has 0 aromatic heterocycles. The van der Waals surface area contributed by atoms with Gasteiger partial charge in [0.15, 0.2) is 0 Å². The van der Waals surface area contributed by atoms with Crippen LogP contribution in [-0.2, 0) is 9.59 Å². The summed E-state index contributed by atoms with van der Waals surface area (Å²) in [6.07, 6.45) is 3.58. The topological polar surface area (TPSA) is 73.5 Å². The van der Waals surface area contributed by atoms with Gasteiger partial charge in [0, 0.05) is 38.5 Å². The predicted octanol–water partition coefficient (Wildman–Crippen LogP) is 10.4. The molecule has 0 saturated heterocycles. The van der Waals surface area contributed by atoms with Crippen LogP contribution in [0.1, 0.15) is 80.7 Å². The summed E-state index contributed by atoms with van der Waals surface area (Å²) < 4.78 is 38.6. The standard InChI is InChI=1S/C16H17F3N2O.C10H17N.C8H17NO.C4H8/c1-5-12(16(17,18)19)11(4)20-13-8-7-10(3)9-14(13)21-15(22)6-2;1-8(2)6-9(3)7-10(4)11-5;1-4-6-9(7-5-2)8(3)10;1-4(2)3/h5-9,20H,1-2H2,3-4H3,(H,21,22);6-7,11H,1H2,2-5H3;4-7H2,1-3H3;1H2,2-3H3/b12-11-;9-6-,10-7+;;. The number of hydrogen-bond donors (Lipinski definition) is 3. The molecule has 1 aromatic carbocycles. The average Bonchev–Trinajstić information content (AvgIpc) is 2.93. The molecule has 3 N–H and O–H groups in total. The molecule has 0 heterocycles. The minimum Gasteiger partial charge on any atom is -0.392 e. The van der Waals surface area contributed by atoms with Gasteiger partial charge in [-0.1, -0.05) is 62.9 Å². The van der Waals surface area contributed by atoms with E-state index in [-0.39, 0.29) is 11.6 Å². The lowest BCUT2D eigenvalue weighted by Gasteiger charge is -2.18. The molecule has 2 amide bonds. The molecule has 0 radical (unpaired) electrons. The third-order valence-corrected chi connectivity index (χ3v) is 5.60. The van der Waals surface area contributed by atoms with Crippen molar-refractivity contribution in [2.24, 2.45) is 0 Å². The number of anilines is 2. The summed E-state index contributed by atoms with van der Waals surface area (Å²) in [7, 11) is 1.92.